The van der Waals surface area contributed by atoms with Gasteiger partial charge in [-0.15, -0.1) is 0 Å². The van der Waals surface area contributed by atoms with Gasteiger partial charge in [0, 0.05) is 25.3 Å². The third-order valence-corrected chi connectivity index (χ3v) is 3.54. The smallest absolute Gasteiger partial charge is 0.270 e. The summed E-state index contributed by atoms with van der Waals surface area (Å²) in [6.45, 7) is 1.74. The molecule has 1 aliphatic heterocycles. The van der Waals surface area contributed by atoms with Crippen molar-refractivity contribution < 1.29 is 4.79 Å². The molecule has 0 saturated carbocycles. The van der Waals surface area contributed by atoms with Crippen molar-refractivity contribution in [1.29, 1.82) is 0 Å². The molecule has 0 aromatic carbocycles. The first-order valence-corrected chi connectivity index (χ1v) is 6.27. The highest BCUT2D eigenvalue weighted by atomic mass is 16.2. The van der Waals surface area contributed by atoms with Crippen molar-refractivity contribution >= 4 is 5.91 Å². The van der Waals surface area contributed by atoms with Gasteiger partial charge < -0.3 is 14.8 Å². The molecule has 0 radical (unpaired) electrons. The number of hydrogen-bond donors (Lipinski definition) is 1. The first-order valence-electron chi connectivity index (χ1n) is 6.27. The van der Waals surface area contributed by atoms with Gasteiger partial charge in [-0.3, -0.25) is 4.79 Å². The van der Waals surface area contributed by atoms with Crippen LogP contribution in [0.1, 0.15) is 29.8 Å². The average Bonchev–Trinajstić information content (AvgIpc) is 2.71. The fraction of sp³-hybridized carbons (Fsp3) is 0.615. The summed E-state index contributed by atoms with van der Waals surface area (Å²) in [5, 5.41) is 0. The minimum Gasteiger partial charge on any atom is -0.357 e. The van der Waals surface area contributed by atoms with E-state index in [9.17, 15) is 4.79 Å². The summed E-state index contributed by atoms with van der Waals surface area (Å²) in [6.07, 6.45) is 5.14. The second-order valence-electron chi connectivity index (χ2n) is 4.92. The summed E-state index contributed by atoms with van der Waals surface area (Å²) in [6, 6.07) is 4.32. The first-order chi connectivity index (χ1) is 8.18. The number of carbonyl (C=O) groups excluding carboxylic acids is 1. The molecule has 0 aliphatic carbocycles. The van der Waals surface area contributed by atoms with Crippen LogP contribution in [0.15, 0.2) is 18.3 Å². The van der Waals surface area contributed by atoms with Gasteiger partial charge in [-0.2, -0.15) is 0 Å². The Kier molecular flexibility index (Phi) is 3.84. The van der Waals surface area contributed by atoms with E-state index in [0.29, 0.717) is 11.7 Å². The molecule has 1 fully saturated rings. The number of carbonyl (C=O) groups is 1. The predicted octanol–water partition coefficient (Wildman–Crippen LogP) is 1.57. The Balaban J connectivity index is 1.97. The number of nitrogens with zero attached hydrogens (tertiary/aromatic N) is 2. The molecule has 0 spiro atoms. The zero-order valence-electron chi connectivity index (χ0n) is 10.6. The number of likely N-dealkylation sites (tertiary alicyclic amines) is 1. The summed E-state index contributed by atoms with van der Waals surface area (Å²) < 4.78 is 0. The standard InChI is InChI=1S/C13H21N3O/c1-15(2)11-5-4-9-16(10-7-11)13(17)12-6-3-8-14-12/h3,6,8,11,14H,4-5,7,9-10H2,1-2H3/t11-/m1/s1. The molecule has 4 nitrogen and oxygen atoms in total. The Morgan fingerprint density at radius 2 is 2.24 bits per heavy atom. The minimum atomic E-state index is 0.134. The number of hydrogen-bond acceptors (Lipinski definition) is 2. The van der Waals surface area contributed by atoms with Crippen LogP contribution in [0, 0.1) is 0 Å². The van der Waals surface area contributed by atoms with Crippen molar-refractivity contribution in [3.8, 4) is 0 Å². The minimum absolute atomic E-state index is 0.134. The van der Waals surface area contributed by atoms with Gasteiger partial charge in [0.25, 0.3) is 5.91 Å². The highest BCUT2D eigenvalue weighted by molar-refractivity contribution is 5.92. The molecular formula is C13H21N3O. The van der Waals surface area contributed by atoms with E-state index in [0.717, 1.165) is 25.9 Å². The van der Waals surface area contributed by atoms with Crippen LogP contribution in [0.2, 0.25) is 0 Å². The molecule has 4 heteroatoms. The third-order valence-electron chi connectivity index (χ3n) is 3.54. The highest BCUT2D eigenvalue weighted by Crippen LogP contribution is 2.16. The van der Waals surface area contributed by atoms with Crippen LogP contribution in [-0.4, -0.2) is 53.9 Å². The number of aromatic nitrogens is 1. The fourth-order valence-corrected chi connectivity index (χ4v) is 2.43. The van der Waals surface area contributed by atoms with Crippen LogP contribution in [0.4, 0.5) is 0 Å². The molecule has 2 heterocycles. The number of amides is 1. The van der Waals surface area contributed by atoms with E-state index in [-0.39, 0.29) is 5.91 Å². The predicted molar refractivity (Wildman–Crippen MR) is 68.0 cm³/mol. The summed E-state index contributed by atoms with van der Waals surface area (Å²) >= 11 is 0. The number of aromatic amines is 1. The Hall–Kier alpha value is -1.29. The van der Waals surface area contributed by atoms with Crippen LogP contribution < -0.4 is 0 Å². The van der Waals surface area contributed by atoms with Gasteiger partial charge in [-0.05, 0) is 45.5 Å². The van der Waals surface area contributed by atoms with Crippen LogP contribution in [0.5, 0.6) is 0 Å². The van der Waals surface area contributed by atoms with Gasteiger partial charge in [0.2, 0.25) is 0 Å². The second kappa shape index (κ2) is 5.36. The zero-order chi connectivity index (χ0) is 12.3. The van der Waals surface area contributed by atoms with Crippen molar-refractivity contribution in [3.05, 3.63) is 24.0 Å². The molecule has 2 rings (SSSR count). The Morgan fingerprint density at radius 3 is 2.88 bits per heavy atom. The van der Waals surface area contributed by atoms with Crippen LogP contribution in [0.3, 0.4) is 0 Å². The molecule has 17 heavy (non-hydrogen) atoms. The Bertz CT molecular complexity index is 359. The van der Waals surface area contributed by atoms with E-state index < -0.39 is 0 Å². The molecule has 1 N–H and O–H groups in total. The normalized spacial score (nSPS) is 21.6. The van der Waals surface area contributed by atoms with Gasteiger partial charge in [0.05, 0.1) is 0 Å². The summed E-state index contributed by atoms with van der Waals surface area (Å²) in [4.78, 5) is 19.4. The molecule has 1 aliphatic rings. The largest absolute Gasteiger partial charge is 0.357 e. The van der Waals surface area contributed by atoms with Gasteiger partial charge in [-0.25, -0.2) is 0 Å². The van der Waals surface area contributed by atoms with Crippen molar-refractivity contribution in [2.45, 2.75) is 25.3 Å². The van der Waals surface area contributed by atoms with E-state index in [1.165, 1.54) is 6.42 Å². The molecule has 94 valence electrons. The molecular weight excluding hydrogens is 214 g/mol. The van der Waals surface area contributed by atoms with Crippen molar-refractivity contribution in [2.24, 2.45) is 0 Å². The van der Waals surface area contributed by atoms with Gasteiger partial charge in [-0.1, -0.05) is 0 Å². The van der Waals surface area contributed by atoms with Gasteiger partial charge in [0.1, 0.15) is 5.69 Å². The fourth-order valence-electron chi connectivity index (χ4n) is 2.43. The second-order valence-corrected chi connectivity index (χ2v) is 4.92. The van der Waals surface area contributed by atoms with Crippen molar-refractivity contribution in [2.75, 3.05) is 27.2 Å². The molecule has 1 saturated heterocycles. The van der Waals surface area contributed by atoms with E-state index in [4.69, 9.17) is 0 Å². The number of nitrogens with one attached hydrogen (secondary N) is 1. The molecule has 1 atom stereocenters. The monoisotopic (exact) mass is 235 g/mol. The Morgan fingerprint density at radius 1 is 1.41 bits per heavy atom. The van der Waals surface area contributed by atoms with Crippen LogP contribution in [-0.2, 0) is 0 Å². The van der Waals surface area contributed by atoms with Crippen molar-refractivity contribution in [3.63, 3.8) is 0 Å². The number of rotatable bonds is 2. The molecule has 1 amide bonds. The quantitative estimate of drug-likeness (QED) is 0.845. The van der Waals surface area contributed by atoms with E-state index in [1.807, 2.05) is 17.0 Å². The van der Waals surface area contributed by atoms with Crippen LogP contribution >= 0.6 is 0 Å². The maximum Gasteiger partial charge on any atom is 0.270 e. The van der Waals surface area contributed by atoms with Crippen LogP contribution in [0.25, 0.3) is 0 Å². The van der Waals surface area contributed by atoms with E-state index in [1.54, 1.807) is 6.20 Å². The lowest BCUT2D eigenvalue weighted by atomic mass is 10.1. The van der Waals surface area contributed by atoms with Crippen molar-refractivity contribution in [1.82, 2.24) is 14.8 Å². The summed E-state index contributed by atoms with van der Waals surface area (Å²) in [5.74, 6) is 0.134. The lowest BCUT2D eigenvalue weighted by Crippen LogP contribution is -2.33. The number of H-pyrrole nitrogens is 1. The highest BCUT2D eigenvalue weighted by Gasteiger charge is 2.22. The van der Waals surface area contributed by atoms with Gasteiger partial charge in [0.15, 0.2) is 0 Å². The van der Waals surface area contributed by atoms with E-state index in [2.05, 4.69) is 24.0 Å². The summed E-state index contributed by atoms with van der Waals surface area (Å²) in [7, 11) is 4.24. The zero-order valence-corrected chi connectivity index (χ0v) is 10.6. The average molecular weight is 235 g/mol. The lowest BCUT2D eigenvalue weighted by Gasteiger charge is -2.23. The third kappa shape index (κ3) is 2.88. The summed E-state index contributed by atoms with van der Waals surface area (Å²) in [5.41, 5.74) is 0.702. The first kappa shape index (κ1) is 12.2. The molecule has 1 aromatic heterocycles. The SMILES string of the molecule is CN(C)[C@@H]1CCCN(C(=O)c2ccc[nH]2)CC1. The van der Waals surface area contributed by atoms with E-state index >= 15 is 0 Å². The van der Waals surface area contributed by atoms with Gasteiger partial charge >= 0.3 is 0 Å². The molecule has 0 bridgehead atoms. The maximum absolute atomic E-state index is 12.2. The topological polar surface area (TPSA) is 39.3 Å². The maximum atomic E-state index is 12.2. The molecule has 0 unspecified atom stereocenters. The molecule has 1 aromatic rings. The Labute approximate surface area is 103 Å². The lowest BCUT2D eigenvalue weighted by molar-refractivity contribution is 0.0753.